The molecule has 0 radical (unpaired) electrons. The summed E-state index contributed by atoms with van der Waals surface area (Å²) in [7, 11) is 0. The van der Waals surface area contributed by atoms with Crippen LogP contribution in [-0.4, -0.2) is 19.3 Å². The predicted molar refractivity (Wildman–Crippen MR) is 90.2 cm³/mol. The van der Waals surface area contributed by atoms with E-state index < -0.39 is 0 Å². The smallest absolute Gasteiger partial charge is 0.175 e. The maximum atomic E-state index is 6.24. The van der Waals surface area contributed by atoms with Gasteiger partial charge in [-0.15, -0.1) is 0 Å². The average molecular weight is 356 g/mol. The maximum absolute atomic E-state index is 6.24. The lowest BCUT2D eigenvalue weighted by Gasteiger charge is -2.25. The minimum Gasteiger partial charge on any atom is -0.490 e. The van der Waals surface area contributed by atoms with E-state index in [2.05, 4.69) is 40.3 Å². The molecule has 0 saturated heterocycles. The Morgan fingerprint density at radius 2 is 1.95 bits per heavy atom. The van der Waals surface area contributed by atoms with Gasteiger partial charge in [0.15, 0.2) is 11.5 Å². The molecule has 0 amide bonds. The van der Waals surface area contributed by atoms with Gasteiger partial charge in [0.1, 0.15) is 0 Å². The van der Waals surface area contributed by atoms with Crippen LogP contribution in [0.3, 0.4) is 0 Å². The van der Waals surface area contributed by atoms with Crippen LogP contribution >= 0.6 is 15.9 Å². The zero-order valence-electron chi connectivity index (χ0n) is 13.1. The highest BCUT2D eigenvalue weighted by Crippen LogP contribution is 2.39. The van der Waals surface area contributed by atoms with E-state index in [0.717, 1.165) is 41.9 Å². The van der Waals surface area contributed by atoms with Gasteiger partial charge in [0.05, 0.1) is 17.2 Å². The molecule has 1 N–H and O–H groups in total. The van der Waals surface area contributed by atoms with Crippen LogP contribution in [0.4, 0.5) is 0 Å². The van der Waals surface area contributed by atoms with Crippen LogP contribution in [0, 0.1) is 0 Å². The topological polar surface area (TPSA) is 30.5 Å². The molecule has 1 aliphatic rings. The zero-order chi connectivity index (χ0) is 15.1. The maximum Gasteiger partial charge on any atom is 0.175 e. The molecule has 118 valence electrons. The van der Waals surface area contributed by atoms with Crippen molar-refractivity contribution in [1.82, 2.24) is 5.32 Å². The third-order valence-corrected chi connectivity index (χ3v) is 4.37. The molecule has 0 heterocycles. The van der Waals surface area contributed by atoms with Crippen LogP contribution in [0.2, 0.25) is 0 Å². The SMILES string of the molecule is CCNCc1cc(Br)c(OC2CCCCC2)c(OCC)c1. The van der Waals surface area contributed by atoms with Gasteiger partial charge < -0.3 is 14.8 Å². The van der Waals surface area contributed by atoms with E-state index in [1.807, 2.05) is 6.92 Å². The standard InChI is InChI=1S/C17H26BrNO2/c1-3-19-12-13-10-15(18)17(16(11-13)20-4-2)21-14-8-6-5-7-9-14/h10-11,14,19H,3-9,12H2,1-2H3. The van der Waals surface area contributed by atoms with Crippen LogP contribution in [0.1, 0.15) is 51.5 Å². The highest BCUT2D eigenvalue weighted by molar-refractivity contribution is 9.10. The molecule has 1 aromatic rings. The fourth-order valence-electron chi connectivity index (χ4n) is 2.72. The Kier molecular flexibility index (Phi) is 6.84. The van der Waals surface area contributed by atoms with Crippen LogP contribution in [0.5, 0.6) is 11.5 Å². The summed E-state index contributed by atoms with van der Waals surface area (Å²) < 4.78 is 13.0. The molecule has 0 aromatic heterocycles. The second-order valence-corrected chi connectivity index (χ2v) is 6.35. The highest BCUT2D eigenvalue weighted by atomic mass is 79.9. The van der Waals surface area contributed by atoms with E-state index in [4.69, 9.17) is 9.47 Å². The summed E-state index contributed by atoms with van der Waals surface area (Å²) in [5.41, 5.74) is 1.21. The van der Waals surface area contributed by atoms with E-state index in [9.17, 15) is 0 Å². The second-order valence-electron chi connectivity index (χ2n) is 5.50. The first kappa shape index (κ1) is 16.6. The molecule has 0 spiro atoms. The van der Waals surface area contributed by atoms with Crippen molar-refractivity contribution in [2.24, 2.45) is 0 Å². The van der Waals surface area contributed by atoms with Gasteiger partial charge in [-0.3, -0.25) is 0 Å². The number of rotatable bonds is 7. The fraction of sp³-hybridized carbons (Fsp3) is 0.647. The summed E-state index contributed by atoms with van der Waals surface area (Å²) in [6.45, 7) is 6.58. The molecule has 4 heteroatoms. The number of nitrogens with one attached hydrogen (secondary N) is 1. The Bertz CT molecular complexity index is 445. The summed E-state index contributed by atoms with van der Waals surface area (Å²) in [6.07, 6.45) is 6.50. The molecule has 21 heavy (non-hydrogen) atoms. The van der Waals surface area contributed by atoms with E-state index in [0.29, 0.717) is 12.7 Å². The Labute approximate surface area is 136 Å². The van der Waals surface area contributed by atoms with Crippen LogP contribution < -0.4 is 14.8 Å². The summed E-state index contributed by atoms with van der Waals surface area (Å²) in [6, 6.07) is 4.22. The third kappa shape index (κ3) is 4.89. The predicted octanol–water partition coefficient (Wildman–Crippen LogP) is 4.67. The first-order valence-electron chi connectivity index (χ1n) is 8.07. The number of hydrogen-bond acceptors (Lipinski definition) is 3. The fourth-order valence-corrected chi connectivity index (χ4v) is 3.30. The van der Waals surface area contributed by atoms with E-state index in [-0.39, 0.29) is 0 Å². The summed E-state index contributed by atoms with van der Waals surface area (Å²) >= 11 is 3.65. The normalized spacial score (nSPS) is 16.0. The number of hydrogen-bond donors (Lipinski definition) is 1. The van der Waals surface area contributed by atoms with Crippen LogP contribution in [-0.2, 0) is 6.54 Å². The molecule has 0 bridgehead atoms. The van der Waals surface area contributed by atoms with Gasteiger partial charge in [-0.1, -0.05) is 13.3 Å². The van der Waals surface area contributed by atoms with Crippen molar-refractivity contribution in [3.05, 3.63) is 22.2 Å². The molecule has 0 unspecified atom stereocenters. The number of halogens is 1. The van der Waals surface area contributed by atoms with Crippen molar-refractivity contribution in [1.29, 1.82) is 0 Å². The zero-order valence-corrected chi connectivity index (χ0v) is 14.7. The highest BCUT2D eigenvalue weighted by Gasteiger charge is 2.19. The van der Waals surface area contributed by atoms with Gasteiger partial charge in [0.2, 0.25) is 0 Å². The average Bonchev–Trinajstić information content (AvgIpc) is 2.50. The van der Waals surface area contributed by atoms with Crippen molar-refractivity contribution >= 4 is 15.9 Å². The summed E-state index contributed by atoms with van der Waals surface area (Å²) in [5, 5.41) is 3.34. The number of ether oxygens (including phenoxy) is 2. The van der Waals surface area contributed by atoms with Gasteiger partial charge in [-0.05, 0) is 72.8 Å². The summed E-state index contributed by atoms with van der Waals surface area (Å²) in [4.78, 5) is 0. The minimum absolute atomic E-state index is 0.328. The Morgan fingerprint density at radius 1 is 1.19 bits per heavy atom. The molecule has 1 aliphatic carbocycles. The minimum atomic E-state index is 0.328. The quantitative estimate of drug-likeness (QED) is 0.770. The summed E-state index contributed by atoms with van der Waals surface area (Å²) in [5.74, 6) is 1.72. The van der Waals surface area contributed by atoms with E-state index in [1.165, 1.54) is 24.8 Å². The lowest BCUT2D eigenvalue weighted by Crippen LogP contribution is -2.20. The van der Waals surface area contributed by atoms with E-state index >= 15 is 0 Å². The van der Waals surface area contributed by atoms with Crippen molar-refractivity contribution < 1.29 is 9.47 Å². The second kappa shape index (κ2) is 8.64. The Balaban J connectivity index is 2.16. The monoisotopic (exact) mass is 355 g/mol. The van der Waals surface area contributed by atoms with Gasteiger partial charge in [0.25, 0.3) is 0 Å². The van der Waals surface area contributed by atoms with Gasteiger partial charge >= 0.3 is 0 Å². The molecule has 1 saturated carbocycles. The molecular formula is C17H26BrNO2. The van der Waals surface area contributed by atoms with Crippen molar-refractivity contribution in [3.63, 3.8) is 0 Å². The first-order chi connectivity index (χ1) is 10.2. The largest absolute Gasteiger partial charge is 0.490 e. The van der Waals surface area contributed by atoms with Crippen LogP contribution in [0.25, 0.3) is 0 Å². The van der Waals surface area contributed by atoms with Crippen molar-refractivity contribution in [2.75, 3.05) is 13.2 Å². The molecule has 1 aromatic carbocycles. The van der Waals surface area contributed by atoms with E-state index in [1.54, 1.807) is 0 Å². The molecule has 2 rings (SSSR count). The molecule has 1 fully saturated rings. The van der Waals surface area contributed by atoms with Gasteiger partial charge in [-0.2, -0.15) is 0 Å². The van der Waals surface area contributed by atoms with Gasteiger partial charge in [0, 0.05) is 6.54 Å². The van der Waals surface area contributed by atoms with Crippen molar-refractivity contribution in [2.45, 2.75) is 58.6 Å². The third-order valence-electron chi connectivity index (χ3n) is 3.78. The first-order valence-corrected chi connectivity index (χ1v) is 8.86. The molecule has 0 atom stereocenters. The lowest BCUT2D eigenvalue weighted by atomic mass is 9.98. The molecule has 3 nitrogen and oxygen atoms in total. The molecular weight excluding hydrogens is 330 g/mol. The Hall–Kier alpha value is -0.740. The van der Waals surface area contributed by atoms with Gasteiger partial charge in [-0.25, -0.2) is 0 Å². The molecule has 0 aliphatic heterocycles. The van der Waals surface area contributed by atoms with Crippen LogP contribution in [0.15, 0.2) is 16.6 Å². The number of benzene rings is 1. The van der Waals surface area contributed by atoms with Crippen molar-refractivity contribution in [3.8, 4) is 11.5 Å². The Morgan fingerprint density at radius 3 is 2.62 bits per heavy atom. The lowest BCUT2D eigenvalue weighted by molar-refractivity contribution is 0.146.